The molecule has 168 valence electrons. The van der Waals surface area contributed by atoms with Gasteiger partial charge in [-0.05, 0) is 35.4 Å². The van der Waals surface area contributed by atoms with Gasteiger partial charge < -0.3 is 19.8 Å². The molecule has 0 aliphatic carbocycles. The summed E-state index contributed by atoms with van der Waals surface area (Å²) in [6.45, 7) is 2.91. The molecule has 8 nitrogen and oxygen atoms in total. The van der Waals surface area contributed by atoms with E-state index in [4.69, 9.17) is 9.15 Å². The van der Waals surface area contributed by atoms with Crippen LogP contribution in [0.25, 0.3) is 11.5 Å². The smallest absolute Gasteiger partial charge is 0.315 e. The summed E-state index contributed by atoms with van der Waals surface area (Å²) in [7, 11) is 0. The summed E-state index contributed by atoms with van der Waals surface area (Å²) in [6, 6.07) is 11.1. The van der Waals surface area contributed by atoms with Crippen LogP contribution in [0.3, 0.4) is 0 Å². The van der Waals surface area contributed by atoms with Crippen molar-refractivity contribution in [1.82, 2.24) is 25.7 Å². The maximum Gasteiger partial charge on any atom is 0.315 e. The van der Waals surface area contributed by atoms with Crippen LogP contribution in [0.4, 0.5) is 13.6 Å². The number of ether oxygens (including phenoxy) is 1. The quantitative estimate of drug-likeness (QED) is 0.584. The lowest BCUT2D eigenvalue weighted by Gasteiger charge is -2.33. The predicted octanol–water partition coefficient (Wildman–Crippen LogP) is 2.72. The molecule has 0 radical (unpaired) electrons. The summed E-state index contributed by atoms with van der Waals surface area (Å²) < 4.78 is 37.4. The highest BCUT2D eigenvalue weighted by molar-refractivity contribution is 5.73. The lowest BCUT2D eigenvalue weighted by molar-refractivity contribution is -0.0287. The van der Waals surface area contributed by atoms with Gasteiger partial charge in [0.05, 0.1) is 12.7 Å². The predicted molar refractivity (Wildman–Crippen MR) is 111 cm³/mol. The summed E-state index contributed by atoms with van der Waals surface area (Å²) in [5.74, 6) is -1.29. The van der Waals surface area contributed by atoms with Gasteiger partial charge in [0.1, 0.15) is 0 Å². The summed E-state index contributed by atoms with van der Waals surface area (Å²) >= 11 is 0. The van der Waals surface area contributed by atoms with Gasteiger partial charge in [-0.15, -0.1) is 10.2 Å². The maximum absolute atomic E-state index is 13.4. The fourth-order valence-corrected chi connectivity index (χ4v) is 3.51. The van der Waals surface area contributed by atoms with E-state index in [2.05, 4.69) is 25.7 Å². The number of halogens is 2. The van der Waals surface area contributed by atoms with E-state index in [1.807, 2.05) is 24.3 Å². The summed E-state index contributed by atoms with van der Waals surface area (Å²) in [5.41, 5.74) is 2.36. The zero-order chi connectivity index (χ0) is 22.3. The number of aromatic nitrogens is 2. The fraction of sp³-hybridized carbons (Fsp3) is 0.318. The number of rotatable bonds is 7. The maximum atomic E-state index is 13.4. The fourth-order valence-electron chi connectivity index (χ4n) is 3.51. The van der Waals surface area contributed by atoms with E-state index < -0.39 is 11.6 Å². The van der Waals surface area contributed by atoms with Crippen LogP contribution in [0.5, 0.6) is 0 Å². The molecule has 2 amide bonds. The van der Waals surface area contributed by atoms with Gasteiger partial charge in [0.25, 0.3) is 0 Å². The Hall–Kier alpha value is -3.37. The zero-order valence-electron chi connectivity index (χ0n) is 17.3. The van der Waals surface area contributed by atoms with Gasteiger partial charge in [0.15, 0.2) is 11.6 Å². The number of carbonyl (C=O) groups is 1. The molecule has 2 heterocycles. The number of hydrogen-bond donors (Lipinski definition) is 2. The number of hydrogen-bond acceptors (Lipinski definition) is 6. The topological polar surface area (TPSA) is 92.5 Å². The third kappa shape index (κ3) is 5.86. The molecular formula is C22H23F2N5O3. The average molecular weight is 443 g/mol. The van der Waals surface area contributed by atoms with Crippen molar-refractivity contribution in [3.63, 3.8) is 0 Å². The lowest BCUT2D eigenvalue weighted by Crippen LogP contribution is -2.48. The second kappa shape index (κ2) is 10.3. The van der Waals surface area contributed by atoms with E-state index in [0.29, 0.717) is 50.8 Å². The molecule has 3 aromatic rings. The molecule has 1 aliphatic heterocycles. The largest absolute Gasteiger partial charge is 0.423 e. The normalized spacial score (nSPS) is 16.6. The molecule has 1 atom stereocenters. The molecule has 1 fully saturated rings. The summed E-state index contributed by atoms with van der Waals surface area (Å²) in [5, 5.41) is 13.2. The van der Waals surface area contributed by atoms with Gasteiger partial charge in [-0.2, -0.15) is 0 Å². The van der Waals surface area contributed by atoms with Crippen LogP contribution in [0.2, 0.25) is 0 Å². The molecule has 32 heavy (non-hydrogen) atoms. The molecule has 2 N–H and O–H groups in total. The number of nitrogens with one attached hydrogen (secondary N) is 2. The molecule has 0 spiro atoms. The molecule has 0 saturated carbocycles. The lowest BCUT2D eigenvalue weighted by atomic mass is 10.1. The molecule has 2 aromatic carbocycles. The van der Waals surface area contributed by atoms with Gasteiger partial charge in [-0.25, -0.2) is 13.6 Å². The van der Waals surface area contributed by atoms with E-state index in [9.17, 15) is 13.6 Å². The van der Waals surface area contributed by atoms with Crippen molar-refractivity contribution in [3.05, 3.63) is 71.6 Å². The standard InChI is InChI=1S/C22H23F2N5O3/c23-19-5-4-16(9-20(19)24)12-29-6-7-31-18(13-29)11-26-22(30)25-10-15-2-1-3-17(8-15)21-28-27-14-32-21/h1-5,8-9,14,18H,6-7,10-13H2,(H2,25,26,30)/t18-/m0/s1. The van der Waals surface area contributed by atoms with Crippen LogP contribution in [0.1, 0.15) is 11.1 Å². The number of amides is 2. The third-order valence-corrected chi connectivity index (χ3v) is 5.09. The Bertz CT molecular complexity index is 1050. The van der Waals surface area contributed by atoms with Crippen LogP contribution in [-0.2, 0) is 17.8 Å². The summed E-state index contributed by atoms with van der Waals surface area (Å²) in [4.78, 5) is 14.3. The molecule has 4 rings (SSSR count). The Balaban J connectivity index is 1.21. The van der Waals surface area contributed by atoms with Gasteiger partial charge in [0, 0.05) is 38.3 Å². The Morgan fingerprint density at radius 1 is 1.12 bits per heavy atom. The number of urea groups is 1. The van der Waals surface area contributed by atoms with Crippen LogP contribution < -0.4 is 10.6 Å². The van der Waals surface area contributed by atoms with Crippen molar-refractivity contribution in [2.45, 2.75) is 19.2 Å². The first-order valence-corrected chi connectivity index (χ1v) is 10.2. The number of carbonyl (C=O) groups excluding carboxylic acids is 1. The summed E-state index contributed by atoms with van der Waals surface area (Å²) in [6.07, 6.45) is 1.07. The molecule has 1 aromatic heterocycles. The zero-order valence-corrected chi connectivity index (χ0v) is 17.3. The van der Waals surface area contributed by atoms with Crippen molar-refractivity contribution in [1.29, 1.82) is 0 Å². The van der Waals surface area contributed by atoms with E-state index in [1.165, 1.54) is 12.5 Å². The highest BCUT2D eigenvalue weighted by Crippen LogP contribution is 2.17. The van der Waals surface area contributed by atoms with Crippen LogP contribution >= 0.6 is 0 Å². The van der Waals surface area contributed by atoms with Gasteiger partial charge >= 0.3 is 6.03 Å². The van der Waals surface area contributed by atoms with E-state index in [0.717, 1.165) is 17.2 Å². The Labute approximate surface area is 183 Å². The second-order valence-electron chi connectivity index (χ2n) is 7.48. The van der Waals surface area contributed by atoms with E-state index in [-0.39, 0.29) is 12.1 Å². The highest BCUT2D eigenvalue weighted by Gasteiger charge is 2.21. The van der Waals surface area contributed by atoms with Gasteiger partial charge in [-0.3, -0.25) is 4.90 Å². The molecular weight excluding hydrogens is 420 g/mol. The molecule has 1 saturated heterocycles. The minimum atomic E-state index is -0.856. The van der Waals surface area contributed by atoms with E-state index >= 15 is 0 Å². The number of benzene rings is 2. The van der Waals surface area contributed by atoms with Crippen LogP contribution in [-0.4, -0.2) is 53.5 Å². The number of morpholine rings is 1. The monoisotopic (exact) mass is 443 g/mol. The van der Waals surface area contributed by atoms with Crippen LogP contribution in [0.15, 0.2) is 53.3 Å². The third-order valence-electron chi connectivity index (χ3n) is 5.09. The first kappa shape index (κ1) is 21.8. The minimum Gasteiger partial charge on any atom is -0.423 e. The Morgan fingerprint density at radius 3 is 2.84 bits per heavy atom. The van der Waals surface area contributed by atoms with Crippen molar-refractivity contribution in [2.75, 3.05) is 26.2 Å². The molecule has 1 aliphatic rings. The second-order valence-corrected chi connectivity index (χ2v) is 7.48. The van der Waals surface area contributed by atoms with Crippen molar-refractivity contribution >= 4 is 6.03 Å². The minimum absolute atomic E-state index is 0.194. The van der Waals surface area contributed by atoms with E-state index in [1.54, 1.807) is 6.07 Å². The van der Waals surface area contributed by atoms with Crippen molar-refractivity contribution in [3.8, 4) is 11.5 Å². The molecule has 10 heteroatoms. The molecule has 0 bridgehead atoms. The van der Waals surface area contributed by atoms with Gasteiger partial charge in [-0.1, -0.05) is 18.2 Å². The van der Waals surface area contributed by atoms with Crippen LogP contribution in [0, 0.1) is 11.6 Å². The first-order valence-electron chi connectivity index (χ1n) is 10.2. The highest BCUT2D eigenvalue weighted by atomic mass is 19.2. The Morgan fingerprint density at radius 2 is 2.03 bits per heavy atom. The SMILES string of the molecule is O=C(NCc1cccc(-c2nnco2)c1)NC[C@H]1CN(Cc2ccc(F)c(F)c2)CCO1. The average Bonchev–Trinajstić information content (AvgIpc) is 3.34. The first-order chi connectivity index (χ1) is 15.6. The van der Waals surface area contributed by atoms with Gasteiger partial charge in [0.2, 0.25) is 12.3 Å². The van der Waals surface area contributed by atoms with Crippen molar-refractivity contribution in [2.24, 2.45) is 0 Å². The number of nitrogens with zero attached hydrogens (tertiary/aromatic N) is 3. The van der Waals surface area contributed by atoms with Crippen molar-refractivity contribution < 1.29 is 22.7 Å². The molecule has 0 unspecified atom stereocenters. The Kier molecular flexibility index (Phi) is 7.03.